The normalized spacial score (nSPS) is 16.2. The number of ether oxygens (including phenoxy) is 1. The van der Waals surface area contributed by atoms with Gasteiger partial charge in [0.15, 0.2) is 0 Å². The topological polar surface area (TPSA) is 106 Å². The van der Waals surface area contributed by atoms with Gasteiger partial charge in [-0.05, 0) is 13.8 Å². The average molecular weight is 266 g/mol. The van der Waals surface area contributed by atoms with E-state index in [2.05, 4.69) is 20.3 Å². The molecule has 0 bridgehead atoms. The number of rotatable bonds is 3. The highest BCUT2D eigenvalue weighted by Gasteiger charge is 2.18. The highest BCUT2D eigenvalue weighted by Crippen LogP contribution is 2.15. The highest BCUT2D eigenvalue weighted by atomic mass is 16.5. The van der Waals surface area contributed by atoms with Gasteiger partial charge in [0.25, 0.3) is 0 Å². The number of anilines is 2. The molecule has 0 aromatic carbocycles. The maximum atomic E-state index is 11.3. The van der Waals surface area contributed by atoms with E-state index in [1.165, 1.54) is 0 Å². The Morgan fingerprint density at radius 3 is 2.84 bits per heavy atom. The van der Waals surface area contributed by atoms with E-state index in [1.807, 2.05) is 18.7 Å². The first-order valence-corrected chi connectivity index (χ1v) is 6.24. The molecule has 2 rings (SSSR count). The highest BCUT2D eigenvalue weighted by molar-refractivity contribution is 5.77. The number of aromatic nitrogens is 3. The summed E-state index contributed by atoms with van der Waals surface area (Å²) in [7, 11) is 0. The first kappa shape index (κ1) is 13.3. The van der Waals surface area contributed by atoms with Crippen molar-refractivity contribution in [2.24, 2.45) is 0 Å². The van der Waals surface area contributed by atoms with Crippen LogP contribution in [-0.2, 0) is 4.79 Å². The number of hydrogen-bond acceptors (Lipinski definition) is 7. The van der Waals surface area contributed by atoms with Crippen LogP contribution in [0.5, 0.6) is 6.01 Å². The van der Waals surface area contributed by atoms with Crippen LogP contribution in [0.25, 0.3) is 0 Å². The lowest BCUT2D eigenvalue weighted by Crippen LogP contribution is -2.30. The summed E-state index contributed by atoms with van der Waals surface area (Å²) in [6.07, 6.45) is 0.369. The third-order valence-corrected chi connectivity index (χ3v) is 2.56. The van der Waals surface area contributed by atoms with Crippen molar-refractivity contribution in [3.05, 3.63) is 0 Å². The van der Waals surface area contributed by atoms with Gasteiger partial charge in [0, 0.05) is 26.1 Å². The predicted octanol–water partition coefficient (Wildman–Crippen LogP) is -0.433. The number of nitrogens with two attached hydrogens (primary N) is 1. The standard InChI is InChI=1S/C11H18N6O2/c1-7(2)19-11-15-9(12)14-10(16-11)17-5-3-8(18)13-4-6-17/h7H,3-6H2,1-2H3,(H,13,18)(H2,12,14,15,16). The molecular formula is C11H18N6O2. The zero-order valence-electron chi connectivity index (χ0n) is 11.1. The van der Waals surface area contributed by atoms with Gasteiger partial charge in [0.1, 0.15) is 0 Å². The number of nitrogen functional groups attached to an aromatic ring is 1. The smallest absolute Gasteiger partial charge is 0.323 e. The Hall–Kier alpha value is -2.12. The summed E-state index contributed by atoms with van der Waals surface area (Å²) in [6, 6.07) is 0.209. The summed E-state index contributed by atoms with van der Waals surface area (Å²) in [4.78, 5) is 25.4. The minimum Gasteiger partial charge on any atom is -0.461 e. The lowest BCUT2D eigenvalue weighted by molar-refractivity contribution is -0.120. The van der Waals surface area contributed by atoms with E-state index in [0.29, 0.717) is 32.0 Å². The van der Waals surface area contributed by atoms with Crippen LogP contribution in [0, 0.1) is 0 Å². The van der Waals surface area contributed by atoms with Gasteiger partial charge in [-0.1, -0.05) is 0 Å². The lowest BCUT2D eigenvalue weighted by Gasteiger charge is -2.20. The number of carbonyl (C=O) groups is 1. The molecule has 3 N–H and O–H groups in total. The maximum absolute atomic E-state index is 11.3. The molecule has 0 atom stereocenters. The zero-order valence-corrected chi connectivity index (χ0v) is 11.1. The maximum Gasteiger partial charge on any atom is 0.323 e. The fourth-order valence-corrected chi connectivity index (χ4v) is 1.73. The molecule has 1 aliphatic heterocycles. The zero-order chi connectivity index (χ0) is 13.8. The SMILES string of the molecule is CC(C)Oc1nc(N)nc(N2CCNC(=O)CC2)n1. The third-order valence-electron chi connectivity index (χ3n) is 2.56. The Morgan fingerprint density at radius 1 is 1.32 bits per heavy atom. The van der Waals surface area contributed by atoms with Crippen LogP contribution in [0.3, 0.4) is 0 Å². The second-order valence-corrected chi connectivity index (χ2v) is 4.53. The summed E-state index contributed by atoms with van der Waals surface area (Å²) in [5, 5.41) is 2.79. The van der Waals surface area contributed by atoms with Crippen molar-refractivity contribution in [1.29, 1.82) is 0 Å². The van der Waals surface area contributed by atoms with Crippen molar-refractivity contribution in [2.75, 3.05) is 30.3 Å². The summed E-state index contributed by atoms with van der Waals surface area (Å²) < 4.78 is 5.43. The molecule has 8 nitrogen and oxygen atoms in total. The van der Waals surface area contributed by atoms with Crippen LogP contribution in [0.4, 0.5) is 11.9 Å². The largest absolute Gasteiger partial charge is 0.461 e. The summed E-state index contributed by atoms with van der Waals surface area (Å²) in [6.45, 7) is 5.51. The number of carbonyl (C=O) groups excluding carboxylic acids is 1. The van der Waals surface area contributed by atoms with Crippen molar-refractivity contribution >= 4 is 17.8 Å². The van der Waals surface area contributed by atoms with Gasteiger partial charge >= 0.3 is 6.01 Å². The third kappa shape index (κ3) is 3.67. The monoisotopic (exact) mass is 266 g/mol. The van der Waals surface area contributed by atoms with Crippen LogP contribution < -0.4 is 20.7 Å². The van der Waals surface area contributed by atoms with Gasteiger partial charge in [-0.25, -0.2) is 0 Å². The molecule has 1 fully saturated rings. The minimum absolute atomic E-state index is 0.0307. The quantitative estimate of drug-likeness (QED) is 0.764. The summed E-state index contributed by atoms with van der Waals surface area (Å²) >= 11 is 0. The van der Waals surface area contributed by atoms with E-state index in [1.54, 1.807) is 0 Å². The number of nitrogens with one attached hydrogen (secondary N) is 1. The molecule has 0 spiro atoms. The average Bonchev–Trinajstić information content (AvgIpc) is 2.52. The van der Waals surface area contributed by atoms with Gasteiger partial charge < -0.3 is 20.7 Å². The Kier molecular flexibility index (Phi) is 3.98. The summed E-state index contributed by atoms with van der Waals surface area (Å²) in [5.74, 6) is 0.590. The minimum atomic E-state index is -0.0398. The molecule has 1 saturated heterocycles. The Labute approximate surface area is 111 Å². The van der Waals surface area contributed by atoms with E-state index >= 15 is 0 Å². The first-order chi connectivity index (χ1) is 9.04. The van der Waals surface area contributed by atoms with Crippen molar-refractivity contribution < 1.29 is 9.53 Å². The van der Waals surface area contributed by atoms with Gasteiger partial charge in [0.2, 0.25) is 17.8 Å². The molecule has 1 amide bonds. The molecule has 0 radical (unpaired) electrons. The van der Waals surface area contributed by atoms with E-state index in [4.69, 9.17) is 10.5 Å². The molecule has 8 heteroatoms. The molecular weight excluding hydrogens is 248 g/mol. The Balaban J connectivity index is 2.18. The van der Waals surface area contributed by atoms with Crippen molar-refractivity contribution in [1.82, 2.24) is 20.3 Å². The number of nitrogens with zero attached hydrogens (tertiary/aromatic N) is 4. The van der Waals surface area contributed by atoms with Gasteiger partial charge in [-0.2, -0.15) is 15.0 Å². The van der Waals surface area contributed by atoms with Gasteiger partial charge in [-0.3, -0.25) is 4.79 Å². The van der Waals surface area contributed by atoms with Crippen LogP contribution in [-0.4, -0.2) is 46.6 Å². The molecule has 1 aliphatic rings. The molecule has 2 heterocycles. The van der Waals surface area contributed by atoms with E-state index in [0.717, 1.165) is 0 Å². The van der Waals surface area contributed by atoms with Crippen LogP contribution in [0.1, 0.15) is 20.3 Å². The fraction of sp³-hybridized carbons (Fsp3) is 0.636. The molecule has 0 unspecified atom stereocenters. The second kappa shape index (κ2) is 5.68. The Morgan fingerprint density at radius 2 is 2.11 bits per heavy atom. The summed E-state index contributed by atoms with van der Waals surface area (Å²) in [5.41, 5.74) is 5.66. The predicted molar refractivity (Wildman–Crippen MR) is 69.8 cm³/mol. The van der Waals surface area contributed by atoms with Crippen LogP contribution >= 0.6 is 0 Å². The molecule has 1 aromatic heterocycles. The first-order valence-electron chi connectivity index (χ1n) is 6.24. The van der Waals surface area contributed by atoms with Crippen molar-refractivity contribution in [3.63, 3.8) is 0 Å². The van der Waals surface area contributed by atoms with Crippen LogP contribution in [0.15, 0.2) is 0 Å². The van der Waals surface area contributed by atoms with Gasteiger partial charge in [0.05, 0.1) is 6.10 Å². The molecule has 1 aromatic rings. The van der Waals surface area contributed by atoms with Gasteiger partial charge in [-0.15, -0.1) is 0 Å². The van der Waals surface area contributed by atoms with E-state index in [-0.39, 0.29) is 24.0 Å². The molecule has 104 valence electrons. The van der Waals surface area contributed by atoms with Crippen molar-refractivity contribution in [2.45, 2.75) is 26.4 Å². The Bertz CT molecular complexity index is 464. The van der Waals surface area contributed by atoms with Crippen molar-refractivity contribution in [3.8, 4) is 6.01 Å². The molecule has 0 saturated carbocycles. The molecule has 0 aliphatic carbocycles. The number of hydrogen-bond donors (Lipinski definition) is 2. The van der Waals surface area contributed by atoms with E-state index in [9.17, 15) is 4.79 Å². The number of amides is 1. The van der Waals surface area contributed by atoms with E-state index < -0.39 is 0 Å². The second-order valence-electron chi connectivity index (χ2n) is 4.53. The fourth-order valence-electron chi connectivity index (χ4n) is 1.73. The lowest BCUT2D eigenvalue weighted by atomic mass is 10.4. The van der Waals surface area contributed by atoms with Crippen LogP contribution in [0.2, 0.25) is 0 Å². The molecule has 19 heavy (non-hydrogen) atoms.